The molecule has 23 heavy (non-hydrogen) atoms. The van der Waals surface area contributed by atoms with Crippen LogP contribution in [0, 0.1) is 0 Å². The molecule has 0 bridgehead atoms. The predicted octanol–water partition coefficient (Wildman–Crippen LogP) is 6.46. The third-order valence-corrected chi connectivity index (χ3v) is 4.48. The molecule has 0 aliphatic rings. The molecule has 1 nitrogen and oxygen atoms in total. The second-order valence-electron chi connectivity index (χ2n) is 7.74. The Balaban J connectivity index is 2.03. The van der Waals surface area contributed by atoms with E-state index in [1.54, 1.807) is 0 Å². The van der Waals surface area contributed by atoms with Crippen LogP contribution in [0.3, 0.4) is 0 Å². The molecular weight excluding hydrogens is 280 g/mol. The SMILES string of the molecule is CCCCCCCCCCCCc1ccc(CC(C)(C)O)cc1. The minimum absolute atomic E-state index is 0.613. The van der Waals surface area contributed by atoms with Gasteiger partial charge in [0.05, 0.1) is 5.60 Å². The van der Waals surface area contributed by atoms with Crippen molar-refractivity contribution >= 4 is 0 Å². The maximum absolute atomic E-state index is 9.84. The van der Waals surface area contributed by atoms with Gasteiger partial charge in [-0.25, -0.2) is 0 Å². The van der Waals surface area contributed by atoms with Crippen molar-refractivity contribution in [3.8, 4) is 0 Å². The Morgan fingerprint density at radius 2 is 1.13 bits per heavy atom. The summed E-state index contributed by atoms with van der Waals surface area (Å²) in [4.78, 5) is 0. The van der Waals surface area contributed by atoms with E-state index in [1.165, 1.54) is 81.8 Å². The number of unbranched alkanes of at least 4 members (excludes halogenated alkanes) is 9. The average molecular weight is 319 g/mol. The van der Waals surface area contributed by atoms with Gasteiger partial charge in [0.15, 0.2) is 0 Å². The van der Waals surface area contributed by atoms with E-state index in [9.17, 15) is 5.11 Å². The second kappa shape index (κ2) is 11.7. The van der Waals surface area contributed by atoms with Crippen molar-refractivity contribution in [3.05, 3.63) is 35.4 Å². The molecule has 0 amide bonds. The summed E-state index contributed by atoms with van der Waals surface area (Å²) in [6.45, 7) is 6.01. The summed E-state index contributed by atoms with van der Waals surface area (Å²) < 4.78 is 0. The smallest absolute Gasteiger partial charge is 0.0631 e. The Morgan fingerprint density at radius 1 is 0.696 bits per heavy atom. The van der Waals surface area contributed by atoms with E-state index < -0.39 is 5.60 Å². The number of aliphatic hydroxyl groups is 1. The molecule has 0 heterocycles. The van der Waals surface area contributed by atoms with Crippen molar-refractivity contribution in [3.63, 3.8) is 0 Å². The predicted molar refractivity (Wildman–Crippen MR) is 102 cm³/mol. The van der Waals surface area contributed by atoms with Crippen LogP contribution in [-0.2, 0) is 12.8 Å². The molecule has 0 aliphatic carbocycles. The Morgan fingerprint density at radius 3 is 1.61 bits per heavy atom. The van der Waals surface area contributed by atoms with Crippen LogP contribution in [0.2, 0.25) is 0 Å². The number of rotatable bonds is 13. The molecule has 0 atom stereocenters. The first-order valence-electron chi connectivity index (χ1n) is 9.81. The fourth-order valence-corrected chi connectivity index (χ4v) is 3.14. The van der Waals surface area contributed by atoms with E-state index in [4.69, 9.17) is 0 Å². The Hall–Kier alpha value is -0.820. The molecule has 0 unspecified atom stereocenters. The molecule has 0 fully saturated rings. The highest BCUT2D eigenvalue weighted by molar-refractivity contribution is 5.23. The first-order valence-corrected chi connectivity index (χ1v) is 9.81. The van der Waals surface area contributed by atoms with Crippen LogP contribution in [0.4, 0.5) is 0 Å². The monoisotopic (exact) mass is 318 g/mol. The van der Waals surface area contributed by atoms with Crippen molar-refractivity contribution in [1.29, 1.82) is 0 Å². The molecule has 1 heteroatoms. The number of hydrogen-bond acceptors (Lipinski definition) is 1. The van der Waals surface area contributed by atoms with Gasteiger partial charge in [0.2, 0.25) is 0 Å². The number of aryl methyl sites for hydroxylation is 1. The van der Waals surface area contributed by atoms with Gasteiger partial charge in [0.1, 0.15) is 0 Å². The van der Waals surface area contributed by atoms with Gasteiger partial charge < -0.3 is 5.11 Å². The maximum atomic E-state index is 9.84. The fraction of sp³-hybridized carbons (Fsp3) is 0.727. The fourth-order valence-electron chi connectivity index (χ4n) is 3.14. The molecule has 0 aliphatic heterocycles. The molecule has 0 spiro atoms. The lowest BCUT2D eigenvalue weighted by Crippen LogP contribution is -2.21. The van der Waals surface area contributed by atoms with E-state index in [0.29, 0.717) is 0 Å². The van der Waals surface area contributed by atoms with Crippen LogP contribution in [-0.4, -0.2) is 10.7 Å². The van der Waals surface area contributed by atoms with Gasteiger partial charge in [-0.1, -0.05) is 89.0 Å². The highest BCUT2D eigenvalue weighted by atomic mass is 16.3. The summed E-state index contributed by atoms with van der Waals surface area (Å²) >= 11 is 0. The van der Waals surface area contributed by atoms with Crippen LogP contribution in [0.1, 0.15) is 96.1 Å². The summed E-state index contributed by atoms with van der Waals surface area (Å²) in [6, 6.07) is 8.80. The van der Waals surface area contributed by atoms with Crippen LogP contribution in [0.15, 0.2) is 24.3 Å². The van der Waals surface area contributed by atoms with Crippen molar-refractivity contribution in [2.75, 3.05) is 0 Å². The molecule has 0 aromatic heterocycles. The van der Waals surface area contributed by atoms with Gasteiger partial charge in [-0.2, -0.15) is 0 Å². The summed E-state index contributed by atoms with van der Waals surface area (Å²) in [6.07, 6.45) is 15.9. The lowest BCUT2D eigenvalue weighted by molar-refractivity contribution is 0.0810. The second-order valence-corrected chi connectivity index (χ2v) is 7.74. The van der Waals surface area contributed by atoms with Crippen molar-refractivity contribution < 1.29 is 5.11 Å². The van der Waals surface area contributed by atoms with Crippen LogP contribution >= 0.6 is 0 Å². The van der Waals surface area contributed by atoms with Gasteiger partial charge in [-0.3, -0.25) is 0 Å². The standard InChI is InChI=1S/C22H38O/c1-4-5-6-7-8-9-10-11-12-13-14-20-15-17-21(18-16-20)19-22(2,3)23/h15-18,23H,4-14,19H2,1-3H3. The van der Waals surface area contributed by atoms with E-state index in [-0.39, 0.29) is 0 Å². The topological polar surface area (TPSA) is 20.2 Å². The van der Waals surface area contributed by atoms with E-state index >= 15 is 0 Å². The molecule has 0 saturated carbocycles. The van der Waals surface area contributed by atoms with E-state index in [1.807, 2.05) is 13.8 Å². The zero-order chi connectivity index (χ0) is 17.0. The quantitative estimate of drug-likeness (QED) is 0.414. The Bertz CT molecular complexity index is 385. The first-order chi connectivity index (χ1) is 11.0. The third-order valence-electron chi connectivity index (χ3n) is 4.48. The van der Waals surface area contributed by atoms with Gasteiger partial charge in [0, 0.05) is 6.42 Å². The van der Waals surface area contributed by atoms with Crippen LogP contribution < -0.4 is 0 Å². The van der Waals surface area contributed by atoms with Crippen LogP contribution in [0.25, 0.3) is 0 Å². The highest BCUT2D eigenvalue weighted by Gasteiger charge is 2.12. The average Bonchev–Trinajstić information content (AvgIpc) is 2.49. The van der Waals surface area contributed by atoms with Crippen molar-refractivity contribution in [2.24, 2.45) is 0 Å². The number of benzene rings is 1. The van der Waals surface area contributed by atoms with Gasteiger partial charge in [-0.15, -0.1) is 0 Å². The van der Waals surface area contributed by atoms with Crippen molar-refractivity contribution in [1.82, 2.24) is 0 Å². The molecule has 1 N–H and O–H groups in total. The van der Waals surface area contributed by atoms with Crippen LogP contribution in [0.5, 0.6) is 0 Å². The molecule has 1 aromatic rings. The first kappa shape index (κ1) is 20.2. The summed E-state index contributed by atoms with van der Waals surface area (Å²) in [5, 5.41) is 9.84. The van der Waals surface area contributed by atoms with Gasteiger partial charge in [-0.05, 0) is 37.8 Å². The zero-order valence-corrected chi connectivity index (χ0v) is 15.7. The normalized spacial score (nSPS) is 11.8. The zero-order valence-electron chi connectivity index (χ0n) is 15.7. The maximum Gasteiger partial charge on any atom is 0.0631 e. The largest absolute Gasteiger partial charge is 0.390 e. The molecule has 0 radical (unpaired) electrons. The lowest BCUT2D eigenvalue weighted by Gasteiger charge is -2.17. The molecular formula is C22H38O. The summed E-state index contributed by atoms with van der Waals surface area (Å²) in [5.74, 6) is 0. The summed E-state index contributed by atoms with van der Waals surface area (Å²) in [5.41, 5.74) is 2.05. The minimum atomic E-state index is -0.613. The lowest BCUT2D eigenvalue weighted by atomic mass is 9.97. The molecule has 0 saturated heterocycles. The Kier molecular flexibility index (Phi) is 10.3. The molecule has 1 rings (SSSR count). The molecule has 132 valence electrons. The molecule has 1 aromatic carbocycles. The minimum Gasteiger partial charge on any atom is -0.390 e. The van der Waals surface area contributed by atoms with E-state index in [2.05, 4.69) is 31.2 Å². The van der Waals surface area contributed by atoms with E-state index in [0.717, 1.165) is 6.42 Å². The van der Waals surface area contributed by atoms with Gasteiger partial charge in [0.25, 0.3) is 0 Å². The third kappa shape index (κ3) is 11.4. The number of hydrogen-bond donors (Lipinski definition) is 1. The summed E-state index contributed by atoms with van der Waals surface area (Å²) in [7, 11) is 0. The van der Waals surface area contributed by atoms with Gasteiger partial charge >= 0.3 is 0 Å². The highest BCUT2D eigenvalue weighted by Crippen LogP contribution is 2.15. The Labute approximate surface area is 144 Å². The van der Waals surface area contributed by atoms with Crippen molar-refractivity contribution in [2.45, 2.75) is 103 Å².